The van der Waals surface area contributed by atoms with Crippen molar-refractivity contribution in [1.82, 2.24) is 0 Å². The lowest BCUT2D eigenvalue weighted by Crippen LogP contribution is -2.40. The van der Waals surface area contributed by atoms with Crippen LogP contribution in [0, 0.1) is 34.6 Å². The molecule has 0 atom stereocenters. The topological polar surface area (TPSA) is 63.7 Å². The van der Waals surface area contributed by atoms with Crippen LogP contribution in [0.4, 0.5) is 5.69 Å². The molecule has 31 heavy (non-hydrogen) atoms. The van der Waals surface area contributed by atoms with Gasteiger partial charge in [-0.2, -0.15) is 4.31 Å². The molecule has 0 bridgehead atoms. The molecule has 1 amide bonds. The highest BCUT2D eigenvalue weighted by Crippen LogP contribution is 2.29. The lowest BCUT2D eigenvalue weighted by atomic mass is 10.1. The zero-order valence-corrected chi connectivity index (χ0v) is 19.3. The van der Waals surface area contributed by atoms with Gasteiger partial charge in [-0.3, -0.25) is 4.79 Å². The highest BCUT2D eigenvalue weighted by atomic mass is 32.2. The Morgan fingerprint density at radius 2 is 1.45 bits per heavy atom. The van der Waals surface area contributed by atoms with E-state index in [1.807, 2.05) is 52.0 Å². The number of hydrogen-bond acceptors (Lipinski definition) is 4. The first-order chi connectivity index (χ1) is 14.6. The SMILES string of the molecule is Cc1ccc(S(=O)(=O)N(C(=O)COc2cc(C)cc(C)c2)c2cccc(C)c2C)cc1. The average Bonchev–Trinajstić information content (AvgIpc) is 2.69. The van der Waals surface area contributed by atoms with E-state index in [4.69, 9.17) is 4.74 Å². The Balaban J connectivity index is 2.02. The third-order valence-electron chi connectivity index (χ3n) is 5.14. The van der Waals surface area contributed by atoms with Gasteiger partial charge in [-0.25, -0.2) is 8.42 Å². The van der Waals surface area contributed by atoms with Gasteiger partial charge in [0.2, 0.25) is 0 Å². The second-order valence-electron chi connectivity index (χ2n) is 7.81. The van der Waals surface area contributed by atoms with Gasteiger partial charge >= 0.3 is 0 Å². The maximum atomic E-state index is 13.5. The number of aryl methyl sites for hydroxylation is 4. The second-order valence-corrected chi connectivity index (χ2v) is 9.59. The molecule has 3 rings (SSSR count). The molecule has 0 unspecified atom stereocenters. The van der Waals surface area contributed by atoms with E-state index in [1.54, 1.807) is 31.2 Å². The van der Waals surface area contributed by atoms with E-state index in [1.165, 1.54) is 12.1 Å². The van der Waals surface area contributed by atoms with Crippen molar-refractivity contribution in [2.75, 3.05) is 10.9 Å². The first-order valence-electron chi connectivity index (χ1n) is 10.0. The molecule has 6 heteroatoms. The van der Waals surface area contributed by atoms with Crippen LogP contribution in [0.2, 0.25) is 0 Å². The van der Waals surface area contributed by atoms with E-state index in [0.717, 1.165) is 32.1 Å². The van der Waals surface area contributed by atoms with Gasteiger partial charge in [-0.05, 0) is 87.2 Å². The number of nitrogens with zero attached hydrogens (tertiary/aromatic N) is 1. The Kier molecular flexibility index (Phi) is 6.51. The Bertz CT molecular complexity index is 1190. The van der Waals surface area contributed by atoms with Crippen LogP contribution in [0.3, 0.4) is 0 Å². The van der Waals surface area contributed by atoms with Gasteiger partial charge < -0.3 is 4.74 Å². The first-order valence-corrected chi connectivity index (χ1v) is 11.5. The third-order valence-corrected chi connectivity index (χ3v) is 6.89. The van der Waals surface area contributed by atoms with Gasteiger partial charge in [0.25, 0.3) is 15.9 Å². The van der Waals surface area contributed by atoms with Crippen LogP contribution in [0.5, 0.6) is 5.75 Å². The average molecular weight is 438 g/mol. The maximum Gasteiger partial charge on any atom is 0.278 e. The molecule has 0 spiro atoms. The molecule has 0 saturated heterocycles. The zero-order chi connectivity index (χ0) is 22.8. The normalized spacial score (nSPS) is 11.3. The summed E-state index contributed by atoms with van der Waals surface area (Å²) >= 11 is 0. The molecule has 162 valence electrons. The number of ether oxygens (including phenoxy) is 1. The first kappa shape index (κ1) is 22.6. The zero-order valence-electron chi connectivity index (χ0n) is 18.5. The number of amides is 1. The minimum atomic E-state index is -4.13. The summed E-state index contributed by atoms with van der Waals surface area (Å²) in [5.41, 5.74) is 4.88. The van der Waals surface area contributed by atoms with Crippen molar-refractivity contribution in [1.29, 1.82) is 0 Å². The number of hydrogen-bond donors (Lipinski definition) is 0. The maximum absolute atomic E-state index is 13.5. The van der Waals surface area contributed by atoms with E-state index in [2.05, 4.69) is 0 Å². The number of sulfonamides is 1. The quantitative estimate of drug-likeness (QED) is 0.543. The van der Waals surface area contributed by atoms with Crippen LogP contribution in [-0.2, 0) is 14.8 Å². The van der Waals surface area contributed by atoms with Gasteiger partial charge in [0.15, 0.2) is 6.61 Å². The standard InChI is InChI=1S/C25H27NO4S/c1-17-9-11-23(12-10-17)31(28,29)26(24-8-6-7-20(4)21(24)5)25(27)16-30-22-14-18(2)13-19(3)15-22/h6-15H,16H2,1-5H3. The van der Waals surface area contributed by atoms with Gasteiger partial charge in [-0.1, -0.05) is 35.9 Å². The Morgan fingerprint density at radius 1 is 0.839 bits per heavy atom. The fraction of sp³-hybridized carbons (Fsp3) is 0.240. The molecule has 0 N–H and O–H groups in total. The molecule has 0 saturated carbocycles. The summed E-state index contributed by atoms with van der Waals surface area (Å²) in [7, 11) is -4.13. The highest BCUT2D eigenvalue weighted by molar-refractivity contribution is 7.93. The van der Waals surface area contributed by atoms with Crippen LogP contribution < -0.4 is 9.04 Å². The van der Waals surface area contributed by atoms with Crippen molar-refractivity contribution in [2.24, 2.45) is 0 Å². The molecule has 5 nitrogen and oxygen atoms in total. The largest absolute Gasteiger partial charge is 0.484 e. The van der Waals surface area contributed by atoms with Gasteiger partial charge in [0.05, 0.1) is 10.6 Å². The molecule has 0 aromatic heterocycles. The molecule has 0 radical (unpaired) electrons. The van der Waals surface area contributed by atoms with Crippen LogP contribution in [0.1, 0.15) is 27.8 Å². The lowest BCUT2D eigenvalue weighted by Gasteiger charge is -2.25. The van der Waals surface area contributed by atoms with E-state index in [9.17, 15) is 13.2 Å². The van der Waals surface area contributed by atoms with E-state index in [-0.39, 0.29) is 4.90 Å². The Labute approximate surface area is 184 Å². The smallest absolute Gasteiger partial charge is 0.278 e. The van der Waals surface area contributed by atoms with Crippen molar-refractivity contribution in [3.05, 3.63) is 88.5 Å². The molecular weight excluding hydrogens is 410 g/mol. The van der Waals surface area contributed by atoms with E-state index < -0.39 is 22.5 Å². The Hall–Kier alpha value is -3.12. The fourth-order valence-corrected chi connectivity index (χ4v) is 4.86. The van der Waals surface area contributed by atoms with Crippen LogP contribution in [-0.4, -0.2) is 20.9 Å². The van der Waals surface area contributed by atoms with Gasteiger partial charge in [0.1, 0.15) is 5.75 Å². The number of anilines is 1. The third kappa shape index (κ3) is 4.97. The minimum Gasteiger partial charge on any atom is -0.484 e. The number of carbonyl (C=O) groups is 1. The molecule has 3 aromatic carbocycles. The van der Waals surface area contributed by atoms with Crippen molar-refractivity contribution in [2.45, 2.75) is 39.5 Å². The van der Waals surface area contributed by atoms with Gasteiger partial charge in [-0.15, -0.1) is 0 Å². The summed E-state index contributed by atoms with van der Waals surface area (Å²) in [6, 6.07) is 17.4. The number of benzene rings is 3. The highest BCUT2D eigenvalue weighted by Gasteiger charge is 2.32. The van der Waals surface area contributed by atoms with Gasteiger partial charge in [0, 0.05) is 0 Å². The molecule has 0 aliphatic carbocycles. The molecule has 0 heterocycles. The predicted molar refractivity (Wildman–Crippen MR) is 123 cm³/mol. The molecule has 0 fully saturated rings. The second kappa shape index (κ2) is 8.94. The van der Waals surface area contributed by atoms with Crippen LogP contribution >= 0.6 is 0 Å². The summed E-state index contributed by atoms with van der Waals surface area (Å²) in [4.78, 5) is 13.3. The summed E-state index contributed by atoms with van der Waals surface area (Å²) in [6.45, 7) is 9.04. The lowest BCUT2D eigenvalue weighted by molar-refractivity contribution is -0.119. The summed E-state index contributed by atoms with van der Waals surface area (Å²) in [6.07, 6.45) is 0. The fourth-order valence-electron chi connectivity index (χ4n) is 3.39. The minimum absolute atomic E-state index is 0.0544. The number of carbonyl (C=O) groups excluding carboxylic acids is 1. The number of rotatable bonds is 6. The van der Waals surface area contributed by atoms with Crippen LogP contribution in [0.25, 0.3) is 0 Å². The Morgan fingerprint density at radius 3 is 2.06 bits per heavy atom. The van der Waals surface area contributed by atoms with Crippen molar-refractivity contribution < 1.29 is 17.9 Å². The van der Waals surface area contributed by atoms with E-state index in [0.29, 0.717) is 11.4 Å². The van der Waals surface area contributed by atoms with Crippen molar-refractivity contribution in [3.8, 4) is 5.75 Å². The summed E-state index contributed by atoms with van der Waals surface area (Å²) in [5.74, 6) is -0.132. The van der Waals surface area contributed by atoms with Crippen molar-refractivity contribution in [3.63, 3.8) is 0 Å². The summed E-state index contributed by atoms with van der Waals surface area (Å²) < 4.78 is 33.6. The van der Waals surface area contributed by atoms with Crippen molar-refractivity contribution >= 4 is 21.6 Å². The van der Waals surface area contributed by atoms with E-state index >= 15 is 0 Å². The predicted octanol–water partition coefficient (Wildman–Crippen LogP) is 5.03. The monoisotopic (exact) mass is 437 g/mol. The summed E-state index contributed by atoms with van der Waals surface area (Å²) in [5, 5.41) is 0. The molecule has 3 aromatic rings. The molecular formula is C25H27NO4S. The van der Waals surface area contributed by atoms with Crippen LogP contribution in [0.15, 0.2) is 65.6 Å². The molecule has 0 aliphatic heterocycles. The molecule has 0 aliphatic rings.